The van der Waals surface area contributed by atoms with Gasteiger partial charge in [0.25, 0.3) is 5.78 Å². The number of benzene rings is 2. The lowest BCUT2D eigenvalue weighted by Gasteiger charge is -2.08. The van der Waals surface area contributed by atoms with Gasteiger partial charge in [0.15, 0.2) is 0 Å². The molecule has 0 spiro atoms. The summed E-state index contributed by atoms with van der Waals surface area (Å²) in [6.45, 7) is 0.357. The van der Waals surface area contributed by atoms with Crippen molar-refractivity contribution in [1.29, 1.82) is 0 Å². The highest BCUT2D eigenvalue weighted by Gasteiger charge is 2.22. The highest BCUT2D eigenvalue weighted by Crippen LogP contribution is 2.27. The van der Waals surface area contributed by atoms with Crippen LogP contribution in [-0.2, 0) is 16.1 Å². The summed E-state index contributed by atoms with van der Waals surface area (Å²) in [6, 6.07) is 14.6. The number of Topliss-reactive ketones (excluding diaryl/α,β-unsaturated/α-hetero) is 1. The summed E-state index contributed by atoms with van der Waals surface area (Å²) in [5, 5.41) is 0.683. The van der Waals surface area contributed by atoms with Crippen LogP contribution >= 0.6 is 0 Å². The number of hydrogen-bond donors (Lipinski definition) is 0. The number of furan rings is 1. The first-order valence-electron chi connectivity index (χ1n) is 6.99. The van der Waals surface area contributed by atoms with Crippen molar-refractivity contribution in [1.82, 2.24) is 0 Å². The summed E-state index contributed by atoms with van der Waals surface area (Å²) in [4.78, 5) is 23.6. The molecule has 23 heavy (non-hydrogen) atoms. The van der Waals surface area contributed by atoms with E-state index in [1.165, 1.54) is 12.3 Å². The van der Waals surface area contributed by atoms with Gasteiger partial charge in [0.05, 0.1) is 18.9 Å². The van der Waals surface area contributed by atoms with Crippen LogP contribution in [0, 0.1) is 0 Å². The van der Waals surface area contributed by atoms with Crippen molar-refractivity contribution in [2.45, 2.75) is 6.61 Å². The number of methoxy groups -OCH3 is 1. The zero-order chi connectivity index (χ0) is 16.2. The molecule has 2 aromatic carbocycles. The first kappa shape index (κ1) is 14.8. The highest BCUT2D eigenvalue weighted by atomic mass is 16.5. The zero-order valence-corrected chi connectivity index (χ0v) is 12.4. The van der Waals surface area contributed by atoms with E-state index in [0.29, 0.717) is 23.3 Å². The Labute approximate surface area is 132 Å². The van der Waals surface area contributed by atoms with Gasteiger partial charge in [-0.2, -0.15) is 0 Å². The molecule has 3 aromatic rings. The largest absolute Gasteiger partial charge is 0.489 e. The van der Waals surface area contributed by atoms with E-state index in [1.54, 1.807) is 12.1 Å². The Kier molecular flexibility index (Phi) is 4.10. The van der Waals surface area contributed by atoms with Crippen LogP contribution in [0.5, 0.6) is 5.75 Å². The molecule has 5 nitrogen and oxygen atoms in total. The lowest BCUT2D eigenvalue weighted by molar-refractivity contribution is -0.135. The van der Waals surface area contributed by atoms with Crippen LogP contribution in [0.3, 0.4) is 0 Å². The molecular formula is C18H14O5. The number of rotatable bonds is 5. The fourth-order valence-electron chi connectivity index (χ4n) is 2.25. The fraction of sp³-hybridized carbons (Fsp3) is 0.111. The van der Waals surface area contributed by atoms with Gasteiger partial charge in [0.2, 0.25) is 0 Å². The monoisotopic (exact) mass is 310 g/mol. The van der Waals surface area contributed by atoms with Gasteiger partial charge in [-0.1, -0.05) is 30.3 Å². The molecule has 3 rings (SSSR count). The topological polar surface area (TPSA) is 65.7 Å². The predicted molar refractivity (Wildman–Crippen MR) is 83.3 cm³/mol. The van der Waals surface area contributed by atoms with Gasteiger partial charge >= 0.3 is 5.97 Å². The van der Waals surface area contributed by atoms with Crippen molar-refractivity contribution in [3.63, 3.8) is 0 Å². The summed E-state index contributed by atoms with van der Waals surface area (Å²) in [6.07, 6.45) is 1.46. The average Bonchev–Trinajstić information content (AvgIpc) is 3.07. The van der Waals surface area contributed by atoms with E-state index >= 15 is 0 Å². The van der Waals surface area contributed by atoms with E-state index in [2.05, 4.69) is 4.74 Å². The minimum Gasteiger partial charge on any atom is -0.489 e. The molecule has 0 radical (unpaired) electrons. The van der Waals surface area contributed by atoms with E-state index in [-0.39, 0.29) is 5.56 Å². The van der Waals surface area contributed by atoms with Crippen molar-refractivity contribution in [2.24, 2.45) is 0 Å². The lowest BCUT2D eigenvalue weighted by Crippen LogP contribution is -2.16. The van der Waals surface area contributed by atoms with Crippen LogP contribution in [0.4, 0.5) is 0 Å². The standard InChI is InChI=1S/C18H14O5/c1-21-18(20)16(19)15-10-14(9-13-7-8-22-17(13)15)23-11-12-5-3-2-4-6-12/h2-10H,11H2,1H3. The minimum atomic E-state index is -0.942. The number of ketones is 1. The Morgan fingerprint density at radius 2 is 1.87 bits per heavy atom. The van der Waals surface area contributed by atoms with Gasteiger partial charge in [-0.05, 0) is 23.8 Å². The van der Waals surface area contributed by atoms with E-state index in [1.807, 2.05) is 30.3 Å². The van der Waals surface area contributed by atoms with E-state index in [9.17, 15) is 9.59 Å². The van der Waals surface area contributed by atoms with Crippen LogP contribution in [0.15, 0.2) is 59.2 Å². The van der Waals surface area contributed by atoms with E-state index < -0.39 is 11.8 Å². The molecule has 0 aliphatic rings. The van der Waals surface area contributed by atoms with Gasteiger partial charge in [-0.3, -0.25) is 4.79 Å². The Hall–Kier alpha value is -3.08. The van der Waals surface area contributed by atoms with Crippen LogP contribution in [0.1, 0.15) is 15.9 Å². The molecule has 0 unspecified atom stereocenters. The van der Waals surface area contributed by atoms with Gasteiger partial charge in [0.1, 0.15) is 17.9 Å². The molecule has 1 aromatic heterocycles. The summed E-state index contributed by atoms with van der Waals surface area (Å²) in [5.41, 5.74) is 1.47. The molecule has 0 amide bonds. The Bertz CT molecular complexity index is 848. The van der Waals surface area contributed by atoms with Crippen LogP contribution < -0.4 is 4.74 Å². The number of ether oxygens (including phenoxy) is 2. The molecule has 0 aliphatic heterocycles. The normalized spacial score (nSPS) is 10.5. The second-order valence-electron chi connectivity index (χ2n) is 4.90. The van der Waals surface area contributed by atoms with Gasteiger partial charge < -0.3 is 13.9 Å². The number of hydrogen-bond acceptors (Lipinski definition) is 5. The highest BCUT2D eigenvalue weighted by molar-refractivity contribution is 6.42. The molecule has 0 saturated carbocycles. The van der Waals surface area contributed by atoms with E-state index in [4.69, 9.17) is 9.15 Å². The summed E-state index contributed by atoms with van der Waals surface area (Å²) < 4.78 is 15.5. The third-order valence-electron chi connectivity index (χ3n) is 3.39. The molecule has 116 valence electrons. The molecule has 0 bridgehead atoms. The molecule has 0 aliphatic carbocycles. The third-order valence-corrected chi connectivity index (χ3v) is 3.39. The molecule has 0 fully saturated rings. The average molecular weight is 310 g/mol. The summed E-state index contributed by atoms with van der Waals surface area (Å²) in [7, 11) is 1.16. The summed E-state index contributed by atoms with van der Waals surface area (Å²) in [5.74, 6) is -1.23. The van der Waals surface area contributed by atoms with Gasteiger partial charge in [0, 0.05) is 5.39 Å². The van der Waals surface area contributed by atoms with Crippen LogP contribution in [0.25, 0.3) is 11.0 Å². The quantitative estimate of drug-likeness (QED) is 0.411. The smallest absolute Gasteiger partial charge is 0.379 e. The molecular weight excluding hydrogens is 296 g/mol. The predicted octanol–water partition coefficient (Wildman–Crippen LogP) is 3.37. The van der Waals surface area contributed by atoms with Crippen molar-refractivity contribution in [3.05, 3.63) is 65.9 Å². The Morgan fingerprint density at radius 1 is 1.09 bits per heavy atom. The van der Waals surface area contributed by atoms with Crippen molar-refractivity contribution in [3.8, 4) is 5.75 Å². The summed E-state index contributed by atoms with van der Waals surface area (Å²) >= 11 is 0. The van der Waals surface area contributed by atoms with Crippen LogP contribution in [0.2, 0.25) is 0 Å². The number of carbonyl (C=O) groups is 2. The molecule has 0 saturated heterocycles. The molecule has 0 atom stereocenters. The van der Waals surface area contributed by atoms with Crippen molar-refractivity contribution < 1.29 is 23.5 Å². The van der Waals surface area contributed by atoms with Crippen molar-refractivity contribution >= 4 is 22.7 Å². The lowest BCUT2D eigenvalue weighted by atomic mass is 10.1. The molecule has 1 heterocycles. The Balaban J connectivity index is 1.92. The SMILES string of the molecule is COC(=O)C(=O)c1cc(OCc2ccccc2)cc2ccoc12. The molecule has 0 N–H and O–H groups in total. The second-order valence-corrected chi connectivity index (χ2v) is 4.90. The maximum absolute atomic E-state index is 12.1. The fourth-order valence-corrected chi connectivity index (χ4v) is 2.25. The third kappa shape index (κ3) is 3.08. The maximum Gasteiger partial charge on any atom is 0.379 e. The van der Waals surface area contributed by atoms with Gasteiger partial charge in [-0.15, -0.1) is 0 Å². The number of fused-ring (bicyclic) bond motifs is 1. The van der Waals surface area contributed by atoms with Crippen LogP contribution in [-0.4, -0.2) is 18.9 Å². The van der Waals surface area contributed by atoms with Gasteiger partial charge in [-0.25, -0.2) is 4.79 Å². The Morgan fingerprint density at radius 3 is 2.61 bits per heavy atom. The van der Waals surface area contributed by atoms with E-state index in [0.717, 1.165) is 12.7 Å². The zero-order valence-electron chi connectivity index (χ0n) is 12.4. The number of carbonyl (C=O) groups excluding carboxylic acids is 2. The first-order chi connectivity index (χ1) is 11.2. The second kappa shape index (κ2) is 6.36. The first-order valence-corrected chi connectivity index (χ1v) is 6.99. The minimum absolute atomic E-state index is 0.127. The van der Waals surface area contributed by atoms with Crippen molar-refractivity contribution in [2.75, 3.05) is 7.11 Å². The maximum atomic E-state index is 12.1. The number of esters is 1. The molecule has 5 heteroatoms.